The Kier molecular flexibility index (Phi) is 4.56. The van der Waals surface area contributed by atoms with E-state index in [4.69, 9.17) is 4.42 Å². The van der Waals surface area contributed by atoms with E-state index in [1.165, 1.54) is 18.3 Å². The third kappa shape index (κ3) is 3.70. The lowest BCUT2D eigenvalue weighted by atomic mass is 10.1. The summed E-state index contributed by atoms with van der Waals surface area (Å²) < 4.78 is 5.98. The summed E-state index contributed by atoms with van der Waals surface area (Å²) in [5, 5.41) is 3.15. The molecule has 0 aliphatic carbocycles. The number of amides is 1. The lowest BCUT2D eigenvalue weighted by Crippen LogP contribution is -2.17. The van der Waals surface area contributed by atoms with Crippen molar-refractivity contribution in [1.29, 1.82) is 0 Å². The van der Waals surface area contributed by atoms with Crippen molar-refractivity contribution >= 4 is 22.7 Å². The monoisotopic (exact) mass is 387 g/mol. The van der Waals surface area contributed by atoms with Crippen LogP contribution in [0.4, 0.5) is 5.82 Å². The van der Waals surface area contributed by atoms with Gasteiger partial charge in [-0.25, -0.2) is 9.78 Å². The first-order valence-electron chi connectivity index (χ1n) is 8.93. The molecule has 0 saturated carbocycles. The second-order valence-electron chi connectivity index (χ2n) is 6.75. The van der Waals surface area contributed by atoms with Crippen LogP contribution in [0, 0.1) is 13.8 Å². The van der Waals surface area contributed by atoms with Crippen molar-refractivity contribution in [1.82, 2.24) is 9.97 Å². The Morgan fingerprint density at radius 1 is 1.03 bits per heavy atom. The fraction of sp³-hybridized carbons (Fsp3) is 0.0909. The predicted octanol–water partition coefficient (Wildman–Crippen LogP) is 3.41. The Hall–Kier alpha value is -4.00. The van der Waals surface area contributed by atoms with Crippen molar-refractivity contribution in [2.24, 2.45) is 0 Å². The molecule has 2 aromatic carbocycles. The summed E-state index contributed by atoms with van der Waals surface area (Å²) in [5.74, 6) is 0.301. The van der Waals surface area contributed by atoms with Crippen LogP contribution in [0.3, 0.4) is 0 Å². The molecule has 2 N–H and O–H groups in total. The zero-order valence-corrected chi connectivity index (χ0v) is 15.8. The van der Waals surface area contributed by atoms with Gasteiger partial charge in [-0.1, -0.05) is 18.2 Å². The number of carbonyl (C=O) groups is 1. The lowest BCUT2D eigenvalue weighted by molar-refractivity contribution is 0.102. The Bertz CT molecular complexity index is 1350. The maximum absolute atomic E-state index is 12.5. The van der Waals surface area contributed by atoms with Gasteiger partial charge in [0, 0.05) is 23.4 Å². The highest BCUT2D eigenvalue weighted by atomic mass is 16.3. The van der Waals surface area contributed by atoms with Crippen molar-refractivity contribution in [2.75, 3.05) is 5.32 Å². The van der Waals surface area contributed by atoms with E-state index in [-0.39, 0.29) is 17.2 Å². The Labute approximate surface area is 165 Å². The first-order valence-corrected chi connectivity index (χ1v) is 8.93. The molecule has 4 aromatic rings. The number of rotatable bonds is 3. The lowest BCUT2D eigenvalue weighted by Gasteiger charge is -2.08. The number of aryl methyl sites for hydroxylation is 2. The van der Waals surface area contributed by atoms with E-state index in [0.717, 1.165) is 11.1 Å². The third-order valence-electron chi connectivity index (χ3n) is 4.51. The average Bonchev–Trinajstić information content (AvgIpc) is 2.69. The largest absolute Gasteiger partial charge is 0.456 e. The third-order valence-corrected chi connectivity index (χ3v) is 4.51. The van der Waals surface area contributed by atoms with E-state index < -0.39 is 5.69 Å². The number of benzene rings is 2. The number of H-pyrrole nitrogens is 1. The number of fused-ring (bicyclic) bond motifs is 1. The van der Waals surface area contributed by atoms with Crippen LogP contribution in [0.25, 0.3) is 22.3 Å². The molecule has 29 heavy (non-hydrogen) atoms. The molecule has 0 bridgehead atoms. The molecule has 7 nitrogen and oxygen atoms in total. The van der Waals surface area contributed by atoms with Gasteiger partial charge in [0.15, 0.2) is 5.43 Å². The van der Waals surface area contributed by atoms with Crippen molar-refractivity contribution in [3.8, 4) is 11.3 Å². The van der Waals surface area contributed by atoms with Gasteiger partial charge in [0.2, 0.25) is 0 Å². The standard InChI is InChI=1S/C22H17N3O4/c1-12-9-13(2)20-16(10-12)17(26)11-18(29-20)14-3-5-15(6-4-14)21(27)24-19-7-8-23-22(28)25-19/h3-11H,1-2H3,(H2,23,24,25,27,28). The van der Waals surface area contributed by atoms with Crippen LogP contribution in [0.15, 0.2) is 68.7 Å². The molecule has 0 fully saturated rings. The van der Waals surface area contributed by atoms with E-state index in [1.54, 1.807) is 24.3 Å². The number of aromatic nitrogens is 2. The van der Waals surface area contributed by atoms with E-state index >= 15 is 0 Å². The first kappa shape index (κ1) is 18.4. The molecule has 2 aromatic heterocycles. The first-order chi connectivity index (χ1) is 13.9. The summed E-state index contributed by atoms with van der Waals surface area (Å²) in [6.45, 7) is 3.84. The number of nitrogens with zero attached hydrogens (tertiary/aromatic N) is 1. The molecule has 0 aliphatic rings. The molecule has 0 saturated heterocycles. The van der Waals surface area contributed by atoms with Crippen LogP contribution in [0.2, 0.25) is 0 Å². The molecule has 0 aliphatic heterocycles. The molecule has 4 rings (SSSR count). The topological polar surface area (TPSA) is 105 Å². The molecule has 0 spiro atoms. The molecule has 0 radical (unpaired) electrons. The van der Waals surface area contributed by atoms with Crippen molar-refractivity contribution < 1.29 is 9.21 Å². The van der Waals surface area contributed by atoms with Gasteiger partial charge >= 0.3 is 5.69 Å². The number of nitrogens with one attached hydrogen (secondary N) is 2. The van der Waals surface area contributed by atoms with Gasteiger partial charge in [0.05, 0.1) is 5.39 Å². The van der Waals surface area contributed by atoms with Crippen LogP contribution in [0.5, 0.6) is 0 Å². The Morgan fingerprint density at radius 3 is 2.52 bits per heavy atom. The van der Waals surface area contributed by atoms with Crippen LogP contribution in [-0.2, 0) is 0 Å². The highest BCUT2D eigenvalue weighted by molar-refractivity contribution is 6.03. The van der Waals surface area contributed by atoms with E-state index in [1.807, 2.05) is 26.0 Å². The summed E-state index contributed by atoms with van der Waals surface area (Å²) >= 11 is 0. The van der Waals surface area contributed by atoms with Gasteiger partial charge in [-0.3, -0.25) is 14.6 Å². The molecule has 1 amide bonds. The van der Waals surface area contributed by atoms with E-state index in [2.05, 4.69) is 15.3 Å². The second kappa shape index (κ2) is 7.20. The number of hydrogen-bond acceptors (Lipinski definition) is 5. The normalized spacial score (nSPS) is 10.8. The maximum atomic E-state index is 12.5. The summed E-state index contributed by atoms with van der Waals surface area (Å²) in [7, 11) is 0. The zero-order chi connectivity index (χ0) is 20.5. The van der Waals surface area contributed by atoms with Crippen molar-refractivity contribution in [3.63, 3.8) is 0 Å². The van der Waals surface area contributed by atoms with Gasteiger partial charge in [-0.15, -0.1) is 0 Å². The number of aromatic amines is 1. The minimum Gasteiger partial charge on any atom is -0.456 e. The van der Waals surface area contributed by atoms with Gasteiger partial charge < -0.3 is 9.73 Å². The SMILES string of the molecule is Cc1cc(C)c2oc(-c3ccc(C(=O)Nc4ccnc(=O)[nH]4)cc3)cc(=O)c2c1. The summed E-state index contributed by atoms with van der Waals surface area (Å²) in [5.41, 5.74) is 2.86. The molecular weight excluding hydrogens is 370 g/mol. The van der Waals surface area contributed by atoms with E-state index in [0.29, 0.717) is 27.9 Å². The smallest absolute Gasteiger partial charge is 0.346 e. The molecule has 7 heteroatoms. The van der Waals surface area contributed by atoms with Crippen LogP contribution in [0.1, 0.15) is 21.5 Å². The summed E-state index contributed by atoms with van der Waals surface area (Å²) in [6.07, 6.45) is 1.31. The zero-order valence-electron chi connectivity index (χ0n) is 15.8. The molecule has 144 valence electrons. The number of hydrogen-bond donors (Lipinski definition) is 2. The van der Waals surface area contributed by atoms with E-state index in [9.17, 15) is 14.4 Å². The minimum absolute atomic E-state index is 0.114. The molecule has 0 atom stereocenters. The number of carbonyl (C=O) groups excluding carboxylic acids is 1. The molecular formula is C22H17N3O4. The summed E-state index contributed by atoms with van der Waals surface area (Å²) in [4.78, 5) is 42.0. The Balaban J connectivity index is 1.65. The van der Waals surface area contributed by atoms with Gasteiger partial charge in [0.1, 0.15) is 17.2 Å². The fourth-order valence-electron chi connectivity index (χ4n) is 3.17. The van der Waals surface area contributed by atoms with Crippen LogP contribution in [-0.4, -0.2) is 15.9 Å². The highest BCUT2D eigenvalue weighted by Crippen LogP contribution is 2.25. The van der Waals surface area contributed by atoms with Gasteiger partial charge in [-0.05, 0) is 49.2 Å². The minimum atomic E-state index is -0.546. The quantitative estimate of drug-likeness (QED) is 0.560. The average molecular weight is 387 g/mol. The van der Waals surface area contributed by atoms with Crippen LogP contribution < -0.4 is 16.4 Å². The fourth-order valence-corrected chi connectivity index (χ4v) is 3.17. The van der Waals surface area contributed by atoms with Crippen molar-refractivity contribution in [2.45, 2.75) is 13.8 Å². The van der Waals surface area contributed by atoms with Gasteiger partial charge in [0.25, 0.3) is 5.91 Å². The predicted molar refractivity (Wildman–Crippen MR) is 110 cm³/mol. The summed E-state index contributed by atoms with van der Waals surface area (Å²) in [6, 6.07) is 13.4. The van der Waals surface area contributed by atoms with Crippen molar-refractivity contribution in [3.05, 3.63) is 92.1 Å². The van der Waals surface area contributed by atoms with Gasteiger partial charge in [-0.2, -0.15) is 0 Å². The second-order valence-corrected chi connectivity index (χ2v) is 6.75. The highest BCUT2D eigenvalue weighted by Gasteiger charge is 2.11. The maximum Gasteiger partial charge on any atom is 0.346 e. The Morgan fingerprint density at radius 2 is 1.79 bits per heavy atom. The van der Waals surface area contributed by atoms with Crippen LogP contribution >= 0.6 is 0 Å². The number of anilines is 1. The molecule has 2 heterocycles. The molecule has 0 unspecified atom stereocenters.